The number of nitrogen functional groups attached to an aromatic ring is 1. The molecule has 148 valence electrons. The minimum absolute atomic E-state index is 0.0657. The molecule has 0 fully saturated rings. The van der Waals surface area contributed by atoms with Crippen LogP contribution >= 0.6 is 0 Å². The predicted octanol–water partition coefficient (Wildman–Crippen LogP) is 1.53. The molecule has 0 spiro atoms. The van der Waals surface area contributed by atoms with Crippen molar-refractivity contribution in [3.63, 3.8) is 0 Å². The Labute approximate surface area is 166 Å². The molecule has 2 aromatic heterocycles. The molecule has 0 saturated heterocycles. The molecule has 4 rings (SSSR count). The monoisotopic (exact) mass is 392 g/mol. The molecule has 0 bridgehead atoms. The number of pyridine rings is 1. The molecule has 0 radical (unpaired) electrons. The number of Topliss-reactive ketones (excluding diaryl/α,β-unsaturated/α-hetero) is 1. The summed E-state index contributed by atoms with van der Waals surface area (Å²) in [4.78, 5) is 30.2. The predicted molar refractivity (Wildman–Crippen MR) is 108 cm³/mol. The van der Waals surface area contributed by atoms with E-state index in [2.05, 4.69) is 4.98 Å². The summed E-state index contributed by atoms with van der Waals surface area (Å²) in [5.41, 5.74) is 2.52. The second-order valence-electron chi connectivity index (χ2n) is 6.79. The maximum absolute atomic E-state index is 13.0. The van der Waals surface area contributed by atoms with E-state index in [9.17, 15) is 14.7 Å². The molecule has 0 atom stereocenters. The molecule has 1 aromatic carbocycles. The number of ketones is 1. The van der Waals surface area contributed by atoms with E-state index in [-0.39, 0.29) is 30.5 Å². The number of benzene rings is 1. The number of hydrogen-bond acceptors (Lipinski definition) is 7. The quantitative estimate of drug-likeness (QED) is 0.455. The van der Waals surface area contributed by atoms with Crippen LogP contribution in [0.25, 0.3) is 11.3 Å². The minimum atomic E-state index is -0.276. The number of carbonyl (C=O) groups is 2. The number of anilines is 2. The highest BCUT2D eigenvalue weighted by Gasteiger charge is 2.36. The first-order valence-corrected chi connectivity index (χ1v) is 8.94. The van der Waals surface area contributed by atoms with Crippen molar-refractivity contribution >= 4 is 23.1 Å². The standard InChI is InChI=1S/C20H20N6O3/c1-12(27)24-10-15-18(17(29)11-24)20(25(21)13-5-3-2-4-6-13)19(26(15)22)14-7-8-23-9-16(14)28/h2-9,28H,10-11,21-22H2,1H3. The van der Waals surface area contributed by atoms with Gasteiger partial charge in [-0.3, -0.25) is 24.3 Å². The fraction of sp³-hybridized carbons (Fsp3) is 0.150. The summed E-state index contributed by atoms with van der Waals surface area (Å²) >= 11 is 0. The summed E-state index contributed by atoms with van der Waals surface area (Å²) < 4.78 is 1.32. The molecule has 1 amide bonds. The molecule has 1 aliphatic rings. The normalized spacial score (nSPS) is 13.3. The van der Waals surface area contributed by atoms with Gasteiger partial charge in [0.25, 0.3) is 0 Å². The molecule has 3 heterocycles. The third-order valence-corrected chi connectivity index (χ3v) is 5.01. The van der Waals surface area contributed by atoms with Crippen molar-refractivity contribution in [2.24, 2.45) is 5.84 Å². The lowest BCUT2D eigenvalue weighted by Crippen LogP contribution is -2.40. The van der Waals surface area contributed by atoms with Crippen LogP contribution in [0.4, 0.5) is 11.4 Å². The Bertz CT molecular complexity index is 1110. The number of carbonyl (C=O) groups excluding carboxylic acids is 2. The number of hydrogen-bond donors (Lipinski definition) is 3. The van der Waals surface area contributed by atoms with E-state index in [1.165, 1.54) is 33.9 Å². The Kier molecular flexibility index (Phi) is 4.44. The third-order valence-electron chi connectivity index (χ3n) is 5.01. The molecule has 5 N–H and O–H groups in total. The van der Waals surface area contributed by atoms with Crippen LogP contribution in [-0.2, 0) is 11.3 Å². The van der Waals surface area contributed by atoms with Gasteiger partial charge in [-0.25, -0.2) is 5.84 Å². The number of nitrogens with two attached hydrogens (primary N) is 2. The fourth-order valence-electron chi connectivity index (χ4n) is 3.58. The van der Waals surface area contributed by atoms with Gasteiger partial charge in [-0.2, -0.15) is 0 Å². The van der Waals surface area contributed by atoms with Gasteiger partial charge in [-0.15, -0.1) is 0 Å². The van der Waals surface area contributed by atoms with Crippen LogP contribution in [-0.4, -0.2) is 37.9 Å². The first kappa shape index (κ1) is 18.5. The maximum Gasteiger partial charge on any atom is 0.220 e. The highest BCUT2D eigenvalue weighted by atomic mass is 16.3. The van der Waals surface area contributed by atoms with Crippen molar-refractivity contribution in [3.05, 3.63) is 60.0 Å². The van der Waals surface area contributed by atoms with Crippen LogP contribution in [0.3, 0.4) is 0 Å². The van der Waals surface area contributed by atoms with Gasteiger partial charge in [0.2, 0.25) is 5.91 Å². The lowest BCUT2D eigenvalue weighted by atomic mass is 10.0. The molecule has 0 saturated carbocycles. The number of aromatic nitrogens is 2. The van der Waals surface area contributed by atoms with Gasteiger partial charge in [-0.1, -0.05) is 18.2 Å². The number of nitrogens with zero attached hydrogens (tertiary/aromatic N) is 4. The average molecular weight is 392 g/mol. The highest BCUT2D eigenvalue weighted by Crippen LogP contribution is 2.43. The summed E-state index contributed by atoms with van der Waals surface area (Å²) in [6.45, 7) is 1.50. The van der Waals surface area contributed by atoms with Gasteiger partial charge < -0.3 is 15.8 Å². The van der Waals surface area contributed by atoms with Crippen molar-refractivity contribution in [2.45, 2.75) is 13.5 Å². The number of para-hydroxylation sites is 1. The Balaban J connectivity index is 2.01. The highest BCUT2D eigenvalue weighted by molar-refractivity contribution is 6.10. The van der Waals surface area contributed by atoms with Crippen molar-refractivity contribution in [1.29, 1.82) is 0 Å². The Hall–Kier alpha value is -3.85. The van der Waals surface area contributed by atoms with Crippen LogP contribution in [0.2, 0.25) is 0 Å². The number of fused-ring (bicyclic) bond motifs is 1. The van der Waals surface area contributed by atoms with E-state index in [4.69, 9.17) is 11.7 Å². The zero-order valence-electron chi connectivity index (χ0n) is 15.7. The maximum atomic E-state index is 13.0. The summed E-state index contributed by atoms with van der Waals surface area (Å²) in [7, 11) is 0. The first-order valence-electron chi connectivity index (χ1n) is 8.94. The van der Waals surface area contributed by atoms with Crippen LogP contribution in [0.5, 0.6) is 5.75 Å². The molecule has 9 heteroatoms. The Morgan fingerprint density at radius 2 is 1.93 bits per heavy atom. The number of rotatable bonds is 3. The molecular weight excluding hydrogens is 372 g/mol. The van der Waals surface area contributed by atoms with Gasteiger partial charge >= 0.3 is 0 Å². The van der Waals surface area contributed by atoms with E-state index in [0.717, 1.165) is 0 Å². The van der Waals surface area contributed by atoms with Gasteiger partial charge in [0.05, 0.1) is 47.6 Å². The van der Waals surface area contributed by atoms with E-state index >= 15 is 0 Å². The summed E-state index contributed by atoms with van der Waals surface area (Å²) in [5, 5.41) is 11.8. The second-order valence-corrected chi connectivity index (χ2v) is 6.79. The van der Waals surface area contributed by atoms with Gasteiger partial charge in [0.15, 0.2) is 5.78 Å². The molecule has 0 aliphatic carbocycles. The lowest BCUT2D eigenvalue weighted by molar-refractivity contribution is -0.129. The third kappa shape index (κ3) is 2.97. The van der Waals surface area contributed by atoms with Gasteiger partial charge in [-0.05, 0) is 18.2 Å². The molecule has 29 heavy (non-hydrogen) atoms. The zero-order valence-corrected chi connectivity index (χ0v) is 15.7. The molecular formula is C20H20N6O3. The summed E-state index contributed by atoms with van der Waals surface area (Å²) in [6, 6.07) is 10.7. The smallest absolute Gasteiger partial charge is 0.220 e. The lowest BCUT2D eigenvalue weighted by Gasteiger charge is -2.27. The van der Waals surface area contributed by atoms with Crippen LogP contribution in [0.1, 0.15) is 23.0 Å². The molecule has 0 unspecified atom stereocenters. The summed E-state index contributed by atoms with van der Waals surface area (Å²) in [6.07, 6.45) is 2.80. The van der Waals surface area contributed by atoms with Gasteiger partial charge in [0.1, 0.15) is 5.75 Å². The minimum Gasteiger partial charge on any atom is -0.506 e. The second kappa shape index (κ2) is 6.95. The van der Waals surface area contributed by atoms with Gasteiger partial charge in [0, 0.05) is 18.7 Å². The molecule has 3 aromatic rings. The van der Waals surface area contributed by atoms with Crippen molar-refractivity contribution in [1.82, 2.24) is 14.6 Å². The zero-order chi connectivity index (χ0) is 20.7. The fourth-order valence-corrected chi connectivity index (χ4v) is 3.58. The van der Waals surface area contributed by atoms with E-state index in [1.807, 2.05) is 18.2 Å². The van der Waals surface area contributed by atoms with Crippen LogP contribution in [0.15, 0.2) is 48.8 Å². The average Bonchev–Trinajstić information content (AvgIpc) is 3.01. The van der Waals surface area contributed by atoms with E-state index in [0.29, 0.717) is 33.9 Å². The van der Waals surface area contributed by atoms with Crippen molar-refractivity contribution < 1.29 is 14.7 Å². The Morgan fingerprint density at radius 1 is 1.21 bits per heavy atom. The van der Waals surface area contributed by atoms with E-state index in [1.54, 1.807) is 18.2 Å². The molecule has 9 nitrogen and oxygen atoms in total. The number of aromatic hydroxyl groups is 1. The van der Waals surface area contributed by atoms with Crippen molar-refractivity contribution in [3.8, 4) is 17.0 Å². The summed E-state index contributed by atoms with van der Waals surface area (Å²) in [5.74, 6) is 12.2. The largest absolute Gasteiger partial charge is 0.506 e. The SMILES string of the molecule is CC(=O)N1CC(=O)c2c(N(N)c3ccccc3)c(-c3ccncc3O)n(N)c2C1. The van der Waals surface area contributed by atoms with Crippen LogP contribution in [0, 0.1) is 0 Å². The first-order chi connectivity index (χ1) is 13.9. The van der Waals surface area contributed by atoms with Crippen molar-refractivity contribution in [2.75, 3.05) is 17.4 Å². The number of amides is 1. The van der Waals surface area contributed by atoms with E-state index < -0.39 is 0 Å². The molecule has 1 aliphatic heterocycles. The topological polar surface area (TPSA) is 131 Å². The van der Waals surface area contributed by atoms with Crippen LogP contribution < -0.4 is 16.7 Å². The number of hydrazine groups is 1. The Morgan fingerprint density at radius 3 is 2.59 bits per heavy atom.